The largest absolute Gasteiger partial charge is 0.478 e. The molecule has 0 aliphatic rings. The maximum absolute atomic E-state index is 12.2. The summed E-state index contributed by atoms with van der Waals surface area (Å²) >= 11 is 0. The second-order valence-corrected chi connectivity index (χ2v) is 4.94. The molecule has 0 aliphatic heterocycles. The summed E-state index contributed by atoms with van der Waals surface area (Å²) in [6.07, 6.45) is 3.21. The van der Waals surface area contributed by atoms with Gasteiger partial charge < -0.3 is 15.0 Å². The van der Waals surface area contributed by atoms with Crippen LogP contribution in [0.1, 0.15) is 35.8 Å². The summed E-state index contributed by atoms with van der Waals surface area (Å²) in [4.78, 5) is 27.1. The fourth-order valence-corrected chi connectivity index (χ4v) is 1.95. The molecule has 21 heavy (non-hydrogen) atoms. The van der Waals surface area contributed by atoms with E-state index in [2.05, 4.69) is 10.3 Å². The number of carboxylic acids is 1. The van der Waals surface area contributed by atoms with Gasteiger partial charge in [-0.15, -0.1) is 0 Å². The number of anilines is 1. The van der Waals surface area contributed by atoms with E-state index in [0.29, 0.717) is 6.54 Å². The molecule has 2 N–H and O–H groups in total. The third kappa shape index (κ3) is 3.47. The van der Waals surface area contributed by atoms with Crippen LogP contribution < -0.4 is 10.9 Å². The first kappa shape index (κ1) is 14.8. The van der Waals surface area contributed by atoms with Gasteiger partial charge in [0.1, 0.15) is 0 Å². The number of aromatic carboxylic acids is 1. The molecule has 0 spiro atoms. The Hall–Kier alpha value is -2.63. The Morgan fingerprint density at radius 1 is 1.43 bits per heavy atom. The van der Waals surface area contributed by atoms with Crippen LogP contribution in [0.25, 0.3) is 0 Å². The van der Waals surface area contributed by atoms with Crippen molar-refractivity contribution in [3.05, 3.63) is 58.1 Å². The lowest BCUT2D eigenvalue weighted by Gasteiger charge is -2.11. The Morgan fingerprint density at radius 3 is 2.86 bits per heavy atom. The van der Waals surface area contributed by atoms with Gasteiger partial charge in [-0.25, -0.2) is 9.78 Å². The zero-order valence-corrected chi connectivity index (χ0v) is 11.9. The fourth-order valence-electron chi connectivity index (χ4n) is 1.95. The smallest absolute Gasteiger partial charge is 0.335 e. The molecule has 1 heterocycles. The molecule has 0 amide bonds. The Balaban J connectivity index is 2.17. The van der Waals surface area contributed by atoms with E-state index in [0.717, 1.165) is 5.56 Å². The van der Waals surface area contributed by atoms with Gasteiger partial charge in [0.25, 0.3) is 5.56 Å². The highest BCUT2D eigenvalue weighted by Gasteiger charge is 2.08. The molecule has 0 radical (unpaired) electrons. The van der Waals surface area contributed by atoms with Gasteiger partial charge in [-0.05, 0) is 31.5 Å². The van der Waals surface area contributed by atoms with Gasteiger partial charge in [0.2, 0.25) is 0 Å². The minimum atomic E-state index is -0.975. The average Bonchev–Trinajstić information content (AvgIpc) is 2.46. The molecule has 2 rings (SSSR count). The molecule has 0 atom stereocenters. The van der Waals surface area contributed by atoms with Crippen LogP contribution in [0.5, 0.6) is 0 Å². The fraction of sp³-hybridized carbons (Fsp3) is 0.267. The molecule has 2 aromatic rings. The zero-order valence-electron chi connectivity index (χ0n) is 11.9. The van der Waals surface area contributed by atoms with Crippen LogP contribution in [0, 0.1) is 0 Å². The zero-order chi connectivity index (χ0) is 15.4. The molecule has 0 unspecified atom stereocenters. The van der Waals surface area contributed by atoms with Crippen LogP contribution in [0.3, 0.4) is 0 Å². The van der Waals surface area contributed by atoms with E-state index in [1.807, 2.05) is 13.8 Å². The van der Waals surface area contributed by atoms with Crippen LogP contribution >= 0.6 is 0 Å². The number of carboxylic acid groups (broad SMARTS) is 1. The second kappa shape index (κ2) is 6.21. The maximum Gasteiger partial charge on any atom is 0.335 e. The van der Waals surface area contributed by atoms with Crippen LogP contribution in [-0.2, 0) is 6.54 Å². The lowest BCUT2D eigenvalue weighted by atomic mass is 10.1. The Labute approximate surface area is 122 Å². The number of aromatic nitrogens is 2. The van der Waals surface area contributed by atoms with E-state index in [4.69, 9.17) is 5.11 Å². The molecule has 110 valence electrons. The summed E-state index contributed by atoms with van der Waals surface area (Å²) in [6.45, 7) is 4.18. The van der Waals surface area contributed by atoms with Crippen molar-refractivity contribution in [1.82, 2.24) is 9.55 Å². The summed E-state index contributed by atoms with van der Waals surface area (Å²) in [5, 5.41) is 11.9. The number of carbonyl (C=O) groups is 1. The lowest BCUT2D eigenvalue weighted by Crippen LogP contribution is -2.25. The molecule has 1 aromatic carbocycles. The summed E-state index contributed by atoms with van der Waals surface area (Å²) in [6, 6.07) is 6.61. The SMILES string of the molecule is CC(C)n1ccnc(NCc2cccc(C(=O)O)c2)c1=O. The van der Waals surface area contributed by atoms with Crippen molar-refractivity contribution in [2.75, 3.05) is 5.32 Å². The predicted molar refractivity (Wildman–Crippen MR) is 79.6 cm³/mol. The van der Waals surface area contributed by atoms with Crippen molar-refractivity contribution in [3.8, 4) is 0 Å². The number of nitrogens with one attached hydrogen (secondary N) is 1. The highest BCUT2D eigenvalue weighted by atomic mass is 16.4. The van der Waals surface area contributed by atoms with Crippen molar-refractivity contribution in [2.45, 2.75) is 26.4 Å². The summed E-state index contributed by atoms with van der Waals surface area (Å²) in [5.74, 6) is -0.719. The monoisotopic (exact) mass is 287 g/mol. The number of hydrogen-bond donors (Lipinski definition) is 2. The number of nitrogens with zero attached hydrogens (tertiary/aromatic N) is 2. The van der Waals surface area contributed by atoms with Gasteiger partial charge in [0.15, 0.2) is 5.82 Å². The molecular formula is C15H17N3O3. The highest BCUT2D eigenvalue weighted by Crippen LogP contribution is 2.08. The number of benzene rings is 1. The van der Waals surface area contributed by atoms with E-state index in [1.165, 1.54) is 6.07 Å². The molecule has 6 heteroatoms. The Morgan fingerprint density at radius 2 is 2.19 bits per heavy atom. The van der Waals surface area contributed by atoms with Crippen molar-refractivity contribution < 1.29 is 9.90 Å². The van der Waals surface area contributed by atoms with Gasteiger partial charge in [-0.3, -0.25) is 4.79 Å². The number of hydrogen-bond acceptors (Lipinski definition) is 4. The third-order valence-corrected chi connectivity index (χ3v) is 3.06. The summed E-state index contributed by atoms with van der Waals surface area (Å²) in [5.41, 5.74) is 0.799. The van der Waals surface area contributed by atoms with Gasteiger partial charge in [0, 0.05) is 25.0 Å². The topological polar surface area (TPSA) is 84.2 Å². The normalized spacial score (nSPS) is 10.6. The molecule has 0 aliphatic carbocycles. The molecule has 0 saturated carbocycles. The first-order valence-corrected chi connectivity index (χ1v) is 6.62. The predicted octanol–water partition coefficient (Wildman–Crippen LogP) is 2.13. The van der Waals surface area contributed by atoms with Gasteiger partial charge in [-0.1, -0.05) is 12.1 Å². The first-order valence-electron chi connectivity index (χ1n) is 6.62. The van der Waals surface area contributed by atoms with Gasteiger partial charge >= 0.3 is 5.97 Å². The van der Waals surface area contributed by atoms with Crippen molar-refractivity contribution in [2.24, 2.45) is 0 Å². The quantitative estimate of drug-likeness (QED) is 0.880. The van der Waals surface area contributed by atoms with Crippen LogP contribution in [0.4, 0.5) is 5.82 Å². The van der Waals surface area contributed by atoms with Crippen LogP contribution in [0.15, 0.2) is 41.5 Å². The summed E-state index contributed by atoms with van der Waals surface area (Å²) in [7, 11) is 0. The molecule has 1 aromatic heterocycles. The van der Waals surface area contributed by atoms with Crippen molar-refractivity contribution >= 4 is 11.8 Å². The van der Waals surface area contributed by atoms with E-state index in [9.17, 15) is 9.59 Å². The third-order valence-electron chi connectivity index (χ3n) is 3.06. The molecule has 0 saturated heterocycles. The first-order chi connectivity index (χ1) is 9.99. The minimum Gasteiger partial charge on any atom is -0.478 e. The lowest BCUT2D eigenvalue weighted by molar-refractivity contribution is 0.0697. The second-order valence-electron chi connectivity index (χ2n) is 4.94. The maximum atomic E-state index is 12.2. The van der Waals surface area contributed by atoms with E-state index in [-0.39, 0.29) is 23.0 Å². The Bertz CT molecular complexity index is 707. The van der Waals surface area contributed by atoms with Gasteiger partial charge in [0.05, 0.1) is 5.56 Å². The van der Waals surface area contributed by atoms with E-state index >= 15 is 0 Å². The van der Waals surface area contributed by atoms with E-state index in [1.54, 1.807) is 35.2 Å². The molecular weight excluding hydrogens is 270 g/mol. The van der Waals surface area contributed by atoms with Gasteiger partial charge in [-0.2, -0.15) is 0 Å². The molecule has 6 nitrogen and oxygen atoms in total. The van der Waals surface area contributed by atoms with Crippen molar-refractivity contribution in [3.63, 3.8) is 0 Å². The minimum absolute atomic E-state index is 0.0522. The standard InChI is InChI=1S/C15H17N3O3/c1-10(2)18-7-6-16-13(14(18)19)17-9-11-4-3-5-12(8-11)15(20)21/h3-8,10H,9H2,1-2H3,(H,16,17)(H,20,21). The summed E-state index contributed by atoms with van der Waals surface area (Å²) < 4.78 is 1.59. The molecule has 0 bridgehead atoms. The van der Waals surface area contributed by atoms with Crippen molar-refractivity contribution in [1.29, 1.82) is 0 Å². The van der Waals surface area contributed by atoms with Crippen LogP contribution in [-0.4, -0.2) is 20.6 Å². The average molecular weight is 287 g/mol. The molecule has 0 fully saturated rings. The van der Waals surface area contributed by atoms with Crippen LogP contribution in [0.2, 0.25) is 0 Å². The van der Waals surface area contributed by atoms with E-state index < -0.39 is 5.97 Å². The highest BCUT2D eigenvalue weighted by molar-refractivity contribution is 5.87. The number of rotatable bonds is 5. The Kier molecular flexibility index (Phi) is 4.37.